The number of benzene rings is 4. The van der Waals surface area contributed by atoms with E-state index >= 15 is 0 Å². The van der Waals surface area contributed by atoms with E-state index in [4.69, 9.17) is 0 Å². The first-order chi connectivity index (χ1) is 16.8. The van der Waals surface area contributed by atoms with Crippen LogP contribution in [0.4, 0.5) is 0 Å². The summed E-state index contributed by atoms with van der Waals surface area (Å²) < 4.78 is 0.00288. The molecule has 1 heteroatoms. The quantitative estimate of drug-likeness (QED) is 0.287. The molecule has 2 aliphatic heterocycles. The van der Waals surface area contributed by atoms with Crippen LogP contribution in [0.3, 0.4) is 0 Å². The van der Waals surface area contributed by atoms with Crippen LogP contribution >= 0.6 is 11.8 Å². The second kappa shape index (κ2) is 7.75. The Morgan fingerprint density at radius 1 is 0.676 bits per heavy atom. The second-order valence-electron chi connectivity index (χ2n) is 10.5. The minimum absolute atomic E-state index is 0.00288. The van der Waals surface area contributed by atoms with Crippen LogP contribution in [0.5, 0.6) is 0 Å². The predicted octanol–water partition coefficient (Wildman–Crippen LogP) is 9.45. The fourth-order valence-corrected chi connectivity index (χ4v) is 9.97. The van der Waals surface area contributed by atoms with Gasteiger partial charge in [-0.15, -0.1) is 11.8 Å². The molecule has 0 nitrogen and oxygen atoms in total. The Bertz CT molecular complexity index is 1350. The van der Waals surface area contributed by atoms with Gasteiger partial charge in [0.15, 0.2) is 0 Å². The summed E-state index contributed by atoms with van der Waals surface area (Å²) in [5.41, 5.74) is 9.66. The van der Waals surface area contributed by atoms with Crippen molar-refractivity contribution in [2.75, 3.05) is 0 Å². The predicted molar refractivity (Wildman–Crippen MR) is 146 cm³/mol. The lowest BCUT2D eigenvalue weighted by molar-refractivity contribution is 0.442. The zero-order valence-electron chi connectivity index (χ0n) is 20.1. The summed E-state index contributed by atoms with van der Waals surface area (Å²) in [5, 5.41) is 3.41. The molecular weight excluding hydrogens is 428 g/mol. The third-order valence-electron chi connectivity index (χ3n) is 9.12. The Labute approximate surface area is 207 Å². The highest BCUT2D eigenvalue weighted by atomic mass is 32.2. The molecule has 0 N–H and O–H groups in total. The van der Waals surface area contributed by atoms with Gasteiger partial charge in [0.25, 0.3) is 0 Å². The summed E-state index contributed by atoms with van der Waals surface area (Å²) in [6, 6.07) is 33.0. The molecule has 1 saturated heterocycles. The minimum Gasteiger partial charge on any atom is -0.137 e. The van der Waals surface area contributed by atoms with Gasteiger partial charge in [-0.1, -0.05) is 98.8 Å². The van der Waals surface area contributed by atoms with Crippen LogP contribution in [0.25, 0.3) is 10.8 Å². The smallest absolute Gasteiger partial charge is 0.0737 e. The third kappa shape index (κ3) is 2.63. The number of rotatable bonds is 2. The molecule has 1 unspecified atom stereocenters. The summed E-state index contributed by atoms with van der Waals surface area (Å²) in [6.45, 7) is 4.79. The molecule has 0 amide bonds. The molecule has 8 rings (SSSR count). The Balaban J connectivity index is 1.57. The average Bonchev–Trinajstić information content (AvgIpc) is 3.00. The zero-order valence-corrected chi connectivity index (χ0v) is 20.9. The molecule has 2 heterocycles. The van der Waals surface area contributed by atoms with Gasteiger partial charge in [0, 0.05) is 11.2 Å². The van der Waals surface area contributed by atoms with E-state index in [9.17, 15) is 0 Å². The van der Waals surface area contributed by atoms with E-state index in [1.54, 1.807) is 33.4 Å². The minimum atomic E-state index is 0.00288. The van der Waals surface area contributed by atoms with Crippen LogP contribution in [0, 0.1) is 0 Å². The lowest BCUT2D eigenvalue weighted by Crippen LogP contribution is -2.41. The van der Waals surface area contributed by atoms with Gasteiger partial charge in [0.1, 0.15) is 0 Å². The van der Waals surface area contributed by atoms with Gasteiger partial charge in [0.05, 0.1) is 4.75 Å². The normalized spacial score (nSPS) is 26.1. The average molecular weight is 461 g/mol. The Morgan fingerprint density at radius 3 is 1.97 bits per heavy atom. The van der Waals surface area contributed by atoms with Crippen molar-refractivity contribution in [1.29, 1.82) is 0 Å². The van der Waals surface area contributed by atoms with Crippen molar-refractivity contribution in [2.45, 2.75) is 67.3 Å². The highest BCUT2D eigenvalue weighted by molar-refractivity contribution is 8.00. The van der Waals surface area contributed by atoms with Gasteiger partial charge in [-0.05, 0) is 81.7 Å². The lowest BCUT2D eigenvalue weighted by atomic mass is 9.67. The van der Waals surface area contributed by atoms with Gasteiger partial charge < -0.3 is 0 Å². The number of hydrogen-bond acceptors (Lipinski definition) is 1. The summed E-state index contributed by atoms with van der Waals surface area (Å²) in [5.74, 6) is 1.68. The molecule has 4 atom stereocenters. The highest BCUT2D eigenvalue weighted by Crippen LogP contribution is 2.71. The van der Waals surface area contributed by atoms with E-state index in [1.165, 1.54) is 36.5 Å². The van der Waals surface area contributed by atoms with Crippen LogP contribution < -0.4 is 0 Å². The lowest BCUT2D eigenvalue weighted by Gasteiger charge is -2.53. The molecule has 34 heavy (non-hydrogen) atoms. The monoisotopic (exact) mass is 460 g/mol. The molecule has 4 aromatic rings. The Morgan fingerprint density at radius 2 is 1.29 bits per heavy atom. The summed E-state index contributed by atoms with van der Waals surface area (Å²) in [4.78, 5) is 0. The third-order valence-corrected chi connectivity index (χ3v) is 11.0. The summed E-state index contributed by atoms with van der Waals surface area (Å²) in [7, 11) is 0. The largest absolute Gasteiger partial charge is 0.137 e. The fraction of sp³-hybridized carbons (Fsp3) is 0.333. The molecular formula is C33H32S. The molecule has 0 radical (unpaired) electrons. The van der Waals surface area contributed by atoms with E-state index in [2.05, 4.69) is 111 Å². The van der Waals surface area contributed by atoms with Crippen LogP contribution in [0.1, 0.15) is 95.9 Å². The van der Waals surface area contributed by atoms with Crippen molar-refractivity contribution in [2.24, 2.45) is 0 Å². The molecule has 0 aromatic heterocycles. The standard InChI is InChI=1S/C33H32S/c1-3-22-23(4-2)26-14-8-10-16-29(26)33(28-15-9-7-13-25(22)28)30-19-20-31(34-33)32-24-12-6-5-11-21(24)17-18-27(30)32/h5-18,22-23,30-31H,3-4,19-20H2,1-2H3/t22-,23-,30?,31+/m1/s1. The Kier molecular flexibility index (Phi) is 4.75. The molecule has 2 aliphatic carbocycles. The van der Waals surface area contributed by atoms with Gasteiger partial charge in [0.2, 0.25) is 0 Å². The van der Waals surface area contributed by atoms with Gasteiger partial charge >= 0.3 is 0 Å². The van der Waals surface area contributed by atoms with E-state index in [1.807, 2.05) is 0 Å². The summed E-state index contributed by atoms with van der Waals surface area (Å²) >= 11 is 2.29. The van der Waals surface area contributed by atoms with Crippen LogP contribution in [0.2, 0.25) is 0 Å². The first kappa shape index (κ1) is 20.8. The van der Waals surface area contributed by atoms with Gasteiger partial charge in [-0.3, -0.25) is 0 Å². The van der Waals surface area contributed by atoms with Crippen molar-refractivity contribution in [3.8, 4) is 0 Å². The van der Waals surface area contributed by atoms with E-state index in [0.29, 0.717) is 23.0 Å². The fourth-order valence-electron chi connectivity index (χ4n) is 7.85. The van der Waals surface area contributed by atoms with E-state index in [0.717, 1.165) is 0 Å². The maximum atomic E-state index is 2.49. The second-order valence-corrected chi connectivity index (χ2v) is 11.9. The van der Waals surface area contributed by atoms with Crippen LogP contribution in [-0.4, -0.2) is 0 Å². The SMILES string of the molecule is CC[C@H]1c2ccccc2C2(S[C@H]3CCC2c2ccc4ccccc4c23)c2ccccc2[C@@H]1CC. The van der Waals surface area contributed by atoms with Gasteiger partial charge in [-0.2, -0.15) is 0 Å². The van der Waals surface area contributed by atoms with E-state index < -0.39 is 0 Å². The Hall–Kier alpha value is -2.51. The van der Waals surface area contributed by atoms with Gasteiger partial charge in [-0.25, -0.2) is 0 Å². The van der Waals surface area contributed by atoms with Crippen molar-refractivity contribution >= 4 is 22.5 Å². The van der Waals surface area contributed by atoms with Crippen LogP contribution in [0.15, 0.2) is 84.9 Å². The number of thioether (sulfide) groups is 1. The molecule has 4 aliphatic rings. The summed E-state index contributed by atoms with van der Waals surface area (Å²) in [6.07, 6.45) is 4.95. The van der Waals surface area contributed by atoms with Crippen LogP contribution in [-0.2, 0) is 4.75 Å². The van der Waals surface area contributed by atoms with Crippen molar-refractivity contribution in [3.63, 3.8) is 0 Å². The molecule has 1 spiro atoms. The number of fused-ring (bicyclic) bond motifs is 4. The molecule has 170 valence electrons. The van der Waals surface area contributed by atoms with Crippen molar-refractivity contribution in [1.82, 2.24) is 0 Å². The van der Waals surface area contributed by atoms with E-state index in [-0.39, 0.29) is 4.75 Å². The topological polar surface area (TPSA) is 0 Å². The molecule has 1 fully saturated rings. The molecule has 4 aromatic carbocycles. The number of hydrogen-bond donors (Lipinski definition) is 0. The molecule has 0 saturated carbocycles. The molecule has 2 bridgehead atoms. The maximum absolute atomic E-state index is 2.49. The maximum Gasteiger partial charge on any atom is 0.0737 e. The van der Waals surface area contributed by atoms with Crippen molar-refractivity contribution < 1.29 is 0 Å². The van der Waals surface area contributed by atoms with Crippen molar-refractivity contribution in [3.05, 3.63) is 118 Å². The first-order valence-corrected chi connectivity index (χ1v) is 14.0. The highest BCUT2D eigenvalue weighted by Gasteiger charge is 2.56. The first-order valence-electron chi connectivity index (χ1n) is 13.2. The zero-order chi connectivity index (χ0) is 22.9.